The van der Waals surface area contributed by atoms with Gasteiger partial charge in [-0.3, -0.25) is 14.3 Å². The number of aromatic nitrogens is 2. The van der Waals surface area contributed by atoms with Crippen LogP contribution in [0.5, 0.6) is 0 Å². The van der Waals surface area contributed by atoms with Gasteiger partial charge in [0.2, 0.25) is 0 Å². The largest absolute Gasteiger partial charge is 0.322 e. The van der Waals surface area contributed by atoms with Crippen molar-refractivity contribution >= 4 is 17.6 Å². The number of hydrogen-bond acceptors (Lipinski definition) is 6. The molecule has 1 aromatic heterocycles. The normalized spacial score (nSPS) is 17.8. The van der Waals surface area contributed by atoms with Gasteiger partial charge in [0.15, 0.2) is 0 Å². The maximum Gasteiger partial charge on any atom is 0.322 e. The summed E-state index contributed by atoms with van der Waals surface area (Å²) in [5, 5.41) is 19.8. The number of urea groups is 1. The molecule has 0 fully saturated rings. The van der Waals surface area contributed by atoms with E-state index >= 15 is 0 Å². The van der Waals surface area contributed by atoms with Crippen LogP contribution in [0.15, 0.2) is 18.2 Å². The van der Waals surface area contributed by atoms with Crippen molar-refractivity contribution < 1.29 is 27.6 Å². The number of anilines is 1. The molecule has 0 saturated heterocycles. The Labute approximate surface area is 192 Å². The lowest BCUT2D eigenvalue weighted by Crippen LogP contribution is -2.40. The van der Waals surface area contributed by atoms with E-state index in [1.165, 1.54) is 28.8 Å². The quantitative estimate of drug-likeness (QED) is 0.678. The van der Waals surface area contributed by atoms with E-state index in [9.17, 15) is 22.8 Å². The van der Waals surface area contributed by atoms with Crippen LogP contribution in [0.2, 0.25) is 0 Å². The van der Waals surface area contributed by atoms with E-state index in [4.69, 9.17) is 10.1 Å². The Morgan fingerprint density at radius 1 is 1.41 bits per heavy atom. The molecular weight excluding hydrogens is 455 g/mol. The van der Waals surface area contributed by atoms with Gasteiger partial charge in [0.1, 0.15) is 23.7 Å². The zero-order valence-corrected chi connectivity index (χ0v) is 18.2. The Kier molecular flexibility index (Phi) is 6.71. The first-order chi connectivity index (χ1) is 16.3. The maximum absolute atomic E-state index is 13.5. The number of carbonyl (C=O) groups is 2. The number of hydroxylamine groups is 2. The van der Waals surface area contributed by atoms with Gasteiger partial charge in [-0.25, -0.2) is 23.0 Å². The van der Waals surface area contributed by atoms with Gasteiger partial charge in [0, 0.05) is 37.8 Å². The Hall–Kier alpha value is -3.63. The van der Waals surface area contributed by atoms with Crippen LogP contribution in [0.25, 0.3) is 0 Å². The van der Waals surface area contributed by atoms with Crippen LogP contribution in [-0.4, -0.2) is 70.9 Å². The molecule has 1 atom stereocenters. The molecule has 4 rings (SSSR count). The van der Waals surface area contributed by atoms with E-state index in [1.807, 2.05) is 0 Å². The van der Waals surface area contributed by atoms with Gasteiger partial charge < -0.3 is 15.5 Å². The third-order valence-electron chi connectivity index (χ3n) is 5.57. The average molecular weight is 477 g/mol. The Morgan fingerprint density at radius 2 is 2.21 bits per heavy atom. The molecule has 2 aromatic rings. The topological polar surface area (TPSA) is 116 Å². The zero-order chi connectivity index (χ0) is 24.4. The lowest BCUT2D eigenvalue weighted by molar-refractivity contribution is -0.146. The highest BCUT2D eigenvalue weighted by Gasteiger charge is 2.35. The highest BCUT2D eigenvalue weighted by atomic mass is 19.3. The molecule has 1 aromatic carbocycles. The SMILES string of the molecule is CN1O[C@@H](CNCC(F)F)Cn2nc3c(c2C1=O)CN(C(=O)Nc1ccc(F)c(C#N)c1)CC3. The number of halogens is 3. The van der Waals surface area contributed by atoms with E-state index in [1.54, 1.807) is 6.07 Å². The number of alkyl halides is 2. The summed E-state index contributed by atoms with van der Waals surface area (Å²) < 4.78 is 39.9. The summed E-state index contributed by atoms with van der Waals surface area (Å²) in [5.41, 5.74) is 1.62. The third-order valence-corrected chi connectivity index (χ3v) is 5.57. The van der Waals surface area contributed by atoms with Crippen molar-refractivity contribution in [1.82, 2.24) is 25.1 Å². The van der Waals surface area contributed by atoms with E-state index in [2.05, 4.69) is 15.7 Å². The fraction of sp³-hybridized carbons (Fsp3) is 0.429. The number of fused-ring (bicyclic) bond motifs is 3. The van der Waals surface area contributed by atoms with Crippen LogP contribution >= 0.6 is 0 Å². The molecule has 2 N–H and O–H groups in total. The van der Waals surface area contributed by atoms with E-state index < -0.39 is 36.8 Å². The minimum atomic E-state index is -2.50. The fourth-order valence-corrected chi connectivity index (χ4v) is 3.96. The van der Waals surface area contributed by atoms with Crippen molar-refractivity contribution in [1.29, 1.82) is 5.26 Å². The van der Waals surface area contributed by atoms with Crippen LogP contribution in [0.3, 0.4) is 0 Å². The summed E-state index contributed by atoms with van der Waals surface area (Å²) in [6.07, 6.45) is -2.69. The molecule has 0 unspecified atom stereocenters. The molecule has 0 aliphatic carbocycles. The molecule has 0 radical (unpaired) electrons. The average Bonchev–Trinajstić information content (AvgIpc) is 3.10. The summed E-state index contributed by atoms with van der Waals surface area (Å²) in [7, 11) is 1.44. The lowest BCUT2D eigenvalue weighted by atomic mass is 10.1. The van der Waals surface area contributed by atoms with Crippen molar-refractivity contribution in [2.24, 2.45) is 0 Å². The first-order valence-electron chi connectivity index (χ1n) is 10.5. The smallest absolute Gasteiger partial charge is 0.320 e. The van der Waals surface area contributed by atoms with Gasteiger partial charge in [0.25, 0.3) is 12.3 Å². The molecule has 34 heavy (non-hydrogen) atoms. The van der Waals surface area contributed by atoms with Crippen LogP contribution in [0, 0.1) is 17.1 Å². The standard InChI is InChI=1S/C21H22F3N7O3/c1-29-20(32)19-15-11-30(21(33)27-13-2-3-16(22)12(6-13)7-25)5-4-17(15)28-31(19)10-14(34-29)8-26-9-18(23)24/h2-3,6,14,18,26H,4-5,8-11H2,1H3,(H,27,33)/t14-/m0/s1. The molecule has 3 amide bonds. The molecular formula is C21H22F3N7O3. The molecule has 0 saturated carbocycles. The second-order valence-corrected chi connectivity index (χ2v) is 7.94. The zero-order valence-electron chi connectivity index (χ0n) is 18.2. The second kappa shape index (κ2) is 9.70. The summed E-state index contributed by atoms with van der Waals surface area (Å²) in [6, 6.07) is 4.95. The molecule has 10 nitrogen and oxygen atoms in total. The van der Waals surface area contributed by atoms with Gasteiger partial charge >= 0.3 is 6.03 Å². The Morgan fingerprint density at radius 3 is 2.94 bits per heavy atom. The molecule has 13 heteroatoms. The highest BCUT2D eigenvalue weighted by molar-refractivity contribution is 5.94. The number of rotatable bonds is 5. The summed E-state index contributed by atoms with van der Waals surface area (Å²) in [5.74, 6) is -1.14. The van der Waals surface area contributed by atoms with Gasteiger partial charge in [-0.1, -0.05) is 0 Å². The molecule has 2 aliphatic heterocycles. The van der Waals surface area contributed by atoms with E-state index in [0.29, 0.717) is 24.2 Å². The summed E-state index contributed by atoms with van der Waals surface area (Å²) in [6.45, 7) is 0.225. The van der Waals surface area contributed by atoms with E-state index in [-0.39, 0.29) is 36.6 Å². The van der Waals surface area contributed by atoms with Gasteiger partial charge in [-0.05, 0) is 18.2 Å². The van der Waals surface area contributed by atoms with Gasteiger partial charge in [-0.2, -0.15) is 10.4 Å². The van der Waals surface area contributed by atoms with Crippen LogP contribution in [0.1, 0.15) is 27.3 Å². The first-order valence-corrected chi connectivity index (χ1v) is 10.5. The third kappa shape index (κ3) is 4.82. The number of benzene rings is 1. The first kappa shape index (κ1) is 23.5. The molecule has 180 valence electrons. The van der Waals surface area contributed by atoms with E-state index in [0.717, 1.165) is 11.1 Å². The lowest BCUT2D eigenvalue weighted by Gasteiger charge is -2.27. The van der Waals surface area contributed by atoms with Crippen LogP contribution in [-0.2, 0) is 24.3 Å². The number of nitrogens with zero attached hydrogens (tertiary/aromatic N) is 5. The molecule has 2 aliphatic rings. The van der Waals surface area contributed by atoms with Crippen LogP contribution in [0.4, 0.5) is 23.7 Å². The Balaban J connectivity index is 1.50. The maximum atomic E-state index is 13.5. The number of amides is 3. The van der Waals surface area contributed by atoms with Crippen molar-refractivity contribution in [2.75, 3.05) is 32.0 Å². The minimum absolute atomic E-state index is 0.100. The molecule has 0 spiro atoms. The van der Waals surface area contributed by atoms with Crippen molar-refractivity contribution in [3.63, 3.8) is 0 Å². The predicted octanol–water partition coefficient (Wildman–Crippen LogP) is 1.72. The monoisotopic (exact) mass is 477 g/mol. The van der Waals surface area contributed by atoms with Crippen molar-refractivity contribution in [3.05, 3.63) is 46.5 Å². The van der Waals surface area contributed by atoms with Crippen molar-refractivity contribution in [3.8, 4) is 6.07 Å². The van der Waals surface area contributed by atoms with Crippen LogP contribution < -0.4 is 10.6 Å². The molecule has 0 bridgehead atoms. The number of hydrogen-bond donors (Lipinski definition) is 2. The highest BCUT2D eigenvalue weighted by Crippen LogP contribution is 2.26. The van der Waals surface area contributed by atoms with Crippen molar-refractivity contribution in [2.45, 2.75) is 32.0 Å². The fourth-order valence-electron chi connectivity index (χ4n) is 3.96. The molecule has 3 heterocycles. The number of nitrogens with one attached hydrogen (secondary N) is 2. The second-order valence-electron chi connectivity index (χ2n) is 7.94. The minimum Gasteiger partial charge on any atom is -0.320 e. The van der Waals surface area contributed by atoms with Gasteiger partial charge in [0.05, 0.1) is 30.9 Å². The number of carbonyl (C=O) groups excluding carboxylic acids is 2. The predicted molar refractivity (Wildman–Crippen MR) is 112 cm³/mol. The van der Waals surface area contributed by atoms with Gasteiger partial charge in [-0.15, -0.1) is 0 Å². The summed E-state index contributed by atoms with van der Waals surface area (Å²) in [4.78, 5) is 32.9. The summed E-state index contributed by atoms with van der Waals surface area (Å²) >= 11 is 0. The Bertz CT molecular complexity index is 1150. The number of nitriles is 1.